The third-order valence-corrected chi connectivity index (χ3v) is 2.90. The average Bonchev–Trinajstić information content (AvgIpc) is 2.39. The number of rotatable bonds is 2. The molecule has 1 amide bonds. The molecule has 0 atom stereocenters. The number of likely N-dealkylation sites (N-methyl/N-ethyl adjacent to an activating group) is 1. The third kappa shape index (κ3) is 2.71. The second kappa shape index (κ2) is 5.09. The van der Waals surface area contributed by atoms with Gasteiger partial charge in [0.25, 0.3) is 5.91 Å². The molecule has 6 nitrogen and oxygen atoms in total. The van der Waals surface area contributed by atoms with Crippen LogP contribution in [-0.4, -0.2) is 65.9 Å². The highest BCUT2D eigenvalue weighted by Crippen LogP contribution is 2.07. The lowest BCUT2D eigenvalue weighted by Crippen LogP contribution is -2.47. The molecular weight excluding hydrogens is 218 g/mol. The number of carbonyl (C=O) groups excluding carboxylic acids is 1. The van der Waals surface area contributed by atoms with Crippen LogP contribution in [0.2, 0.25) is 0 Å². The molecule has 0 bridgehead atoms. The molecule has 1 N–H and O–H groups in total. The van der Waals surface area contributed by atoms with Crippen LogP contribution in [0.3, 0.4) is 0 Å². The number of carbonyl (C=O) groups is 1. The molecule has 92 valence electrons. The number of piperazine rings is 1. The average molecular weight is 235 g/mol. The van der Waals surface area contributed by atoms with Crippen LogP contribution in [0.1, 0.15) is 10.5 Å². The van der Waals surface area contributed by atoms with Crippen molar-refractivity contribution >= 4 is 11.7 Å². The molecule has 2 rings (SSSR count). The Bertz CT molecular complexity index is 401. The molecule has 1 aliphatic rings. The number of nitrogens with zero attached hydrogens (tertiary/aromatic N) is 4. The fraction of sp³-hybridized carbons (Fsp3) is 0.545. The van der Waals surface area contributed by atoms with E-state index in [-0.39, 0.29) is 5.91 Å². The maximum absolute atomic E-state index is 12.2. The summed E-state index contributed by atoms with van der Waals surface area (Å²) in [7, 11) is 3.82. The number of amides is 1. The molecule has 2 heterocycles. The second-order valence-electron chi connectivity index (χ2n) is 4.14. The van der Waals surface area contributed by atoms with Gasteiger partial charge in [0, 0.05) is 33.2 Å². The second-order valence-corrected chi connectivity index (χ2v) is 4.14. The maximum atomic E-state index is 12.2. The molecule has 1 aliphatic heterocycles. The Hall–Kier alpha value is -1.69. The highest BCUT2D eigenvalue weighted by atomic mass is 16.2. The first-order chi connectivity index (χ1) is 8.20. The van der Waals surface area contributed by atoms with Crippen molar-refractivity contribution in [1.82, 2.24) is 19.8 Å². The van der Waals surface area contributed by atoms with Gasteiger partial charge >= 0.3 is 0 Å². The number of hydrogen-bond donors (Lipinski definition) is 1. The van der Waals surface area contributed by atoms with Crippen LogP contribution in [0.25, 0.3) is 0 Å². The predicted molar refractivity (Wildman–Crippen MR) is 65.0 cm³/mol. The summed E-state index contributed by atoms with van der Waals surface area (Å²) in [5.74, 6) is 0.577. The molecule has 1 aromatic rings. The number of aromatic nitrogens is 2. The minimum Gasteiger partial charge on any atom is -0.372 e. The van der Waals surface area contributed by atoms with Crippen LogP contribution in [0.15, 0.2) is 12.4 Å². The Balaban J connectivity index is 2.08. The van der Waals surface area contributed by atoms with Crippen molar-refractivity contribution in [1.29, 1.82) is 0 Å². The highest BCUT2D eigenvalue weighted by molar-refractivity contribution is 5.92. The van der Waals surface area contributed by atoms with Gasteiger partial charge < -0.3 is 15.1 Å². The standard InChI is InChI=1S/C11H17N5O/c1-12-10-8-13-7-9(14-10)11(17)16-5-3-15(2)4-6-16/h7-8H,3-6H2,1-2H3,(H,12,14). The molecule has 1 fully saturated rings. The number of hydrogen-bond acceptors (Lipinski definition) is 5. The van der Waals surface area contributed by atoms with Crippen molar-refractivity contribution in [2.24, 2.45) is 0 Å². The fourth-order valence-corrected chi connectivity index (χ4v) is 1.76. The Labute approximate surface area is 101 Å². The van der Waals surface area contributed by atoms with Crippen molar-refractivity contribution in [3.8, 4) is 0 Å². The van der Waals surface area contributed by atoms with Crippen molar-refractivity contribution in [2.75, 3.05) is 45.6 Å². The van der Waals surface area contributed by atoms with Gasteiger partial charge in [-0.05, 0) is 7.05 Å². The van der Waals surface area contributed by atoms with E-state index in [1.807, 2.05) is 4.90 Å². The first-order valence-corrected chi connectivity index (χ1v) is 5.68. The Kier molecular flexibility index (Phi) is 3.53. The summed E-state index contributed by atoms with van der Waals surface area (Å²) in [6.07, 6.45) is 3.11. The summed E-state index contributed by atoms with van der Waals surface area (Å²) in [5, 5.41) is 2.88. The van der Waals surface area contributed by atoms with Crippen LogP contribution < -0.4 is 5.32 Å². The monoisotopic (exact) mass is 235 g/mol. The van der Waals surface area contributed by atoms with Crippen molar-refractivity contribution in [3.63, 3.8) is 0 Å². The lowest BCUT2D eigenvalue weighted by molar-refractivity contribution is 0.0658. The molecule has 0 aliphatic carbocycles. The van der Waals surface area contributed by atoms with Crippen LogP contribution in [-0.2, 0) is 0 Å². The lowest BCUT2D eigenvalue weighted by atomic mass is 10.3. The van der Waals surface area contributed by atoms with E-state index >= 15 is 0 Å². The normalized spacial score (nSPS) is 16.9. The SMILES string of the molecule is CNc1cncc(C(=O)N2CCN(C)CC2)n1. The van der Waals surface area contributed by atoms with Crippen molar-refractivity contribution in [3.05, 3.63) is 18.1 Å². The quantitative estimate of drug-likeness (QED) is 0.776. The molecule has 0 saturated carbocycles. The zero-order valence-corrected chi connectivity index (χ0v) is 10.2. The molecule has 0 unspecified atom stereocenters. The topological polar surface area (TPSA) is 61.4 Å². The van der Waals surface area contributed by atoms with Crippen LogP contribution >= 0.6 is 0 Å². The summed E-state index contributed by atoms with van der Waals surface area (Å²) in [6.45, 7) is 3.32. The maximum Gasteiger partial charge on any atom is 0.274 e. The van der Waals surface area contributed by atoms with Gasteiger partial charge in [0.2, 0.25) is 0 Å². The Morgan fingerprint density at radius 3 is 2.65 bits per heavy atom. The van der Waals surface area contributed by atoms with Gasteiger partial charge in [0.1, 0.15) is 11.5 Å². The van der Waals surface area contributed by atoms with Gasteiger partial charge in [-0.15, -0.1) is 0 Å². The van der Waals surface area contributed by atoms with E-state index in [4.69, 9.17) is 0 Å². The highest BCUT2D eigenvalue weighted by Gasteiger charge is 2.21. The molecule has 0 spiro atoms. The van der Waals surface area contributed by atoms with Crippen LogP contribution in [0, 0.1) is 0 Å². The zero-order valence-electron chi connectivity index (χ0n) is 10.2. The summed E-state index contributed by atoms with van der Waals surface area (Å²) >= 11 is 0. The summed E-state index contributed by atoms with van der Waals surface area (Å²) < 4.78 is 0. The number of nitrogens with one attached hydrogen (secondary N) is 1. The molecule has 0 radical (unpaired) electrons. The Morgan fingerprint density at radius 2 is 2.00 bits per heavy atom. The molecule has 1 aromatic heterocycles. The lowest BCUT2D eigenvalue weighted by Gasteiger charge is -2.32. The van der Waals surface area contributed by atoms with E-state index in [2.05, 4.69) is 27.2 Å². The van der Waals surface area contributed by atoms with Gasteiger partial charge in [-0.3, -0.25) is 9.78 Å². The Morgan fingerprint density at radius 1 is 1.29 bits per heavy atom. The van der Waals surface area contributed by atoms with Gasteiger partial charge in [0.15, 0.2) is 0 Å². The van der Waals surface area contributed by atoms with E-state index in [9.17, 15) is 4.79 Å². The van der Waals surface area contributed by atoms with E-state index in [1.54, 1.807) is 13.2 Å². The van der Waals surface area contributed by atoms with E-state index in [0.29, 0.717) is 11.5 Å². The first-order valence-electron chi connectivity index (χ1n) is 5.68. The van der Waals surface area contributed by atoms with Crippen molar-refractivity contribution < 1.29 is 4.79 Å². The minimum absolute atomic E-state index is 0.0392. The molecule has 1 saturated heterocycles. The number of anilines is 1. The fourth-order valence-electron chi connectivity index (χ4n) is 1.76. The van der Waals surface area contributed by atoms with Crippen molar-refractivity contribution in [2.45, 2.75) is 0 Å². The summed E-state index contributed by atoms with van der Waals surface area (Å²) in [5.41, 5.74) is 0.404. The molecular formula is C11H17N5O. The predicted octanol–water partition coefficient (Wildman–Crippen LogP) is -0.0941. The molecule has 6 heteroatoms. The van der Waals surface area contributed by atoms with Crippen LogP contribution in [0.4, 0.5) is 5.82 Å². The summed E-state index contributed by atoms with van der Waals surface area (Å²) in [6, 6.07) is 0. The molecule has 17 heavy (non-hydrogen) atoms. The van der Waals surface area contributed by atoms with Gasteiger partial charge in [-0.1, -0.05) is 0 Å². The van der Waals surface area contributed by atoms with Crippen LogP contribution in [0.5, 0.6) is 0 Å². The third-order valence-electron chi connectivity index (χ3n) is 2.90. The van der Waals surface area contributed by atoms with E-state index in [1.165, 1.54) is 6.20 Å². The largest absolute Gasteiger partial charge is 0.372 e. The molecule has 0 aromatic carbocycles. The van der Waals surface area contributed by atoms with Gasteiger partial charge in [-0.25, -0.2) is 4.98 Å². The van der Waals surface area contributed by atoms with Gasteiger partial charge in [-0.2, -0.15) is 0 Å². The summed E-state index contributed by atoms with van der Waals surface area (Å²) in [4.78, 5) is 24.4. The first kappa shape index (κ1) is 11.8. The van der Waals surface area contributed by atoms with Gasteiger partial charge in [0.05, 0.1) is 12.4 Å². The smallest absolute Gasteiger partial charge is 0.274 e. The zero-order chi connectivity index (χ0) is 12.3. The van der Waals surface area contributed by atoms with E-state index in [0.717, 1.165) is 26.2 Å². The van der Waals surface area contributed by atoms with E-state index < -0.39 is 0 Å². The minimum atomic E-state index is -0.0392.